The molecule has 0 bridgehead atoms. The van der Waals surface area contributed by atoms with Gasteiger partial charge in [0.05, 0.1) is 10.9 Å². The minimum atomic E-state index is -0.303. The molecule has 3 nitrogen and oxygen atoms in total. The van der Waals surface area contributed by atoms with Crippen LogP contribution in [0.1, 0.15) is 18.4 Å². The molecule has 1 aromatic carbocycles. The van der Waals surface area contributed by atoms with Gasteiger partial charge in [0.15, 0.2) is 0 Å². The minimum Gasteiger partial charge on any atom is -0.342 e. The van der Waals surface area contributed by atoms with E-state index in [-0.39, 0.29) is 17.8 Å². The molecule has 20 heavy (non-hydrogen) atoms. The van der Waals surface area contributed by atoms with Crippen LogP contribution in [0.5, 0.6) is 0 Å². The molecule has 3 atom stereocenters. The zero-order valence-electron chi connectivity index (χ0n) is 11.2. The molecule has 1 saturated carbocycles. The van der Waals surface area contributed by atoms with Gasteiger partial charge < -0.3 is 10.6 Å². The number of nitrogens with two attached hydrogens (primary N) is 1. The van der Waals surface area contributed by atoms with Crippen LogP contribution in [0.15, 0.2) is 22.7 Å². The van der Waals surface area contributed by atoms with Crippen LogP contribution in [0.4, 0.5) is 4.39 Å². The second-order valence-corrected chi connectivity index (χ2v) is 6.74. The SMILES string of the molecule is NC1CCC2CN(C(=O)Cc3ccc(F)c(Br)c3)CC12. The lowest BCUT2D eigenvalue weighted by molar-refractivity contribution is -0.129. The Kier molecular flexibility index (Phi) is 3.82. The summed E-state index contributed by atoms with van der Waals surface area (Å²) < 4.78 is 13.6. The summed E-state index contributed by atoms with van der Waals surface area (Å²) in [5.74, 6) is 0.862. The van der Waals surface area contributed by atoms with Crippen LogP contribution >= 0.6 is 15.9 Å². The predicted octanol–water partition coefficient (Wildman–Crippen LogP) is 2.33. The number of hydrogen-bond donors (Lipinski definition) is 1. The van der Waals surface area contributed by atoms with Crippen molar-refractivity contribution in [2.24, 2.45) is 17.6 Å². The van der Waals surface area contributed by atoms with Crippen molar-refractivity contribution in [3.05, 3.63) is 34.1 Å². The second kappa shape index (κ2) is 5.45. The second-order valence-electron chi connectivity index (χ2n) is 5.89. The zero-order chi connectivity index (χ0) is 14.3. The molecular weight excluding hydrogens is 323 g/mol. The monoisotopic (exact) mass is 340 g/mol. The van der Waals surface area contributed by atoms with Crippen LogP contribution in [0.3, 0.4) is 0 Å². The molecule has 3 unspecified atom stereocenters. The first-order valence-electron chi connectivity index (χ1n) is 7.02. The molecule has 1 amide bonds. The summed E-state index contributed by atoms with van der Waals surface area (Å²) in [7, 11) is 0. The largest absolute Gasteiger partial charge is 0.342 e. The number of rotatable bonds is 2. The molecule has 5 heteroatoms. The van der Waals surface area contributed by atoms with E-state index in [1.807, 2.05) is 4.90 Å². The van der Waals surface area contributed by atoms with Gasteiger partial charge in [-0.15, -0.1) is 0 Å². The van der Waals surface area contributed by atoms with Gasteiger partial charge in [-0.1, -0.05) is 6.07 Å². The number of amides is 1. The molecule has 0 radical (unpaired) electrons. The third-order valence-corrected chi connectivity index (χ3v) is 5.21. The van der Waals surface area contributed by atoms with Crippen molar-refractivity contribution in [2.45, 2.75) is 25.3 Å². The van der Waals surface area contributed by atoms with Crippen LogP contribution < -0.4 is 5.73 Å². The van der Waals surface area contributed by atoms with Gasteiger partial charge in [0.2, 0.25) is 5.91 Å². The Morgan fingerprint density at radius 3 is 2.90 bits per heavy atom. The Balaban J connectivity index is 1.64. The first-order valence-corrected chi connectivity index (χ1v) is 7.81. The van der Waals surface area contributed by atoms with E-state index in [0.717, 1.165) is 31.5 Å². The molecule has 1 aliphatic heterocycles. The van der Waals surface area contributed by atoms with Crippen molar-refractivity contribution >= 4 is 21.8 Å². The third kappa shape index (κ3) is 2.61. The first-order chi connectivity index (χ1) is 9.54. The van der Waals surface area contributed by atoms with Crippen molar-refractivity contribution in [3.63, 3.8) is 0 Å². The maximum atomic E-state index is 13.2. The summed E-state index contributed by atoms with van der Waals surface area (Å²) in [6.07, 6.45) is 2.55. The average molecular weight is 341 g/mol. The van der Waals surface area contributed by atoms with Gasteiger partial charge in [0.25, 0.3) is 0 Å². The van der Waals surface area contributed by atoms with E-state index in [2.05, 4.69) is 15.9 Å². The Labute approximate surface area is 126 Å². The lowest BCUT2D eigenvalue weighted by Gasteiger charge is -2.19. The van der Waals surface area contributed by atoms with Crippen molar-refractivity contribution in [1.82, 2.24) is 4.90 Å². The van der Waals surface area contributed by atoms with E-state index in [9.17, 15) is 9.18 Å². The molecule has 1 heterocycles. The van der Waals surface area contributed by atoms with Gasteiger partial charge in [-0.2, -0.15) is 0 Å². The highest BCUT2D eigenvalue weighted by Gasteiger charge is 2.42. The number of carbonyl (C=O) groups is 1. The number of fused-ring (bicyclic) bond motifs is 1. The third-order valence-electron chi connectivity index (χ3n) is 4.60. The number of likely N-dealkylation sites (tertiary alicyclic amines) is 1. The van der Waals surface area contributed by atoms with E-state index in [4.69, 9.17) is 5.73 Å². The summed E-state index contributed by atoms with van der Waals surface area (Å²) >= 11 is 3.15. The summed E-state index contributed by atoms with van der Waals surface area (Å²) in [4.78, 5) is 14.2. The molecular formula is C15H18BrFN2O. The number of carbonyl (C=O) groups excluding carboxylic acids is 1. The fraction of sp³-hybridized carbons (Fsp3) is 0.533. The van der Waals surface area contributed by atoms with E-state index in [0.29, 0.717) is 22.7 Å². The van der Waals surface area contributed by atoms with Crippen molar-refractivity contribution in [1.29, 1.82) is 0 Å². The smallest absolute Gasteiger partial charge is 0.227 e. The molecule has 2 aliphatic rings. The van der Waals surface area contributed by atoms with E-state index in [1.54, 1.807) is 12.1 Å². The van der Waals surface area contributed by atoms with Crippen LogP contribution in [0.25, 0.3) is 0 Å². The quantitative estimate of drug-likeness (QED) is 0.898. The minimum absolute atomic E-state index is 0.116. The van der Waals surface area contributed by atoms with Gasteiger partial charge >= 0.3 is 0 Å². The molecule has 1 aliphatic carbocycles. The highest BCUT2D eigenvalue weighted by atomic mass is 79.9. The Morgan fingerprint density at radius 1 is 1.40 bits per heavy atom. The summed E-state index contributed by atoms with van der Waals surface area (Å²) in [5, 5.41) is 0. The molecule has 1 aromatic rings. The maximum Gasteiger partial charge on any atom is 0.227 e. The van der Waals surface area contributed by atoms with Crippen LogP contribution in [0.2, 0.25) is 0 Å². The van der Waals surface area contributed by atoms with E-state index >= 15 is 0 Å². The van der Waals surface area contributed by atoms with Gasteiger partial charge in [-0.25, -0.2) is 4.39 Å². The molecule has 3 rings (SSSR count). The number of hydrogen-bond acceptors (Lipinski definition) is 2. The van der Waals surface area contributed by atoms with Gasteiger partial charge in [-0.05, 0) is 58.3 Å². The predicted molar refractivity (Wildman–Crippen MR) is 78.6 cm³/mol. The summed E-state index contributed by atoms with van der Waals surface area (Å²) in [6, 6.07) is 4.98. The Hall–Kier alpha value is -0.940. The average Bonchev–Trinajstić information content (AvgIpc) is 2.97. The maximum absolute atomic E-state index is 13.2. The molecule has 2 N–H and O–H groups in total. The fourth-order valence-electron chi connectivity index (χ4n) is 3.45. The van der Waals surface area contributed by atoms with Crippen LogP contribution in [0, 0.1) is 17.7 Å². The van der Waals surface area contributed by atoms with Crippen LogP contribution in [-0.2, 0) is 11.2 Å². The highest BCUT2D eigenvalue weighted by molar-refractivity contribution is 9.10. The number of nitrogens with zero attached hydrogens (tertiary/aromatic N) is 1. The lowest BCUT2D eigenvalue weighted by atomic mass is 9.98. The van der Waals surface area contributed by atoms with Crippen molar-refractivity contribution < 1.29 is 9.18 Å². The molecule has 2 fully saturated rings. The highest BCUT2D eigenvalue weighted by Crippen LogP contribution is 2.37. The van der Waals surface area contributed by atoms with Crippen molar-refractivity contribution in [2.75, 3.05) is 13.1 Å². The molecule has 0 aromatic heterocycles. The zero-order valence-corrected chi connectivity index (χ0v) is 12.8. The van der Waals surface area contributed by atoms with Crippen LogP contribution in [-0.4, -0.2) is 29.9 Å². The van der Waals surface area contributed by atoms with Gasteiger partial charge in [-0.3, -0.25) is 4.79 Å². The first kappa shape index (κ1) is 14.0. The van der Waals surface area contributed by atoms with Gasteiger partial charge in [0, 0.05) is 19.1 Å². The topological polar surface area (TPSA) is 46.3 Å². The normalized spacial score (nSPS) is 28.8. The standard InChI is InChI=1S/C15H18BrFN2O/c16-12-5-9(1-3-13(12)17)6-15(20)19-7-10-2-4-14(18)11(10)8-19/h1,3,5,10-11,14H,2,4,6-8,18H2. The fourth-order valence-corrected chi connectivity index (χ4v) is 3.87. The summed E-state index contributed by atoms with van der Waals surface area (Å²) in [6.45, 7) is 1.62. The Bertz CT molecular complexity index is 537. The van der Waals surface area contributed by atoms with Crippen molar-refractivity contribution in [3.8, 4) is 0 Å². The number of benzene rings is 1. The Morgan fingerprint density at radius 2 is 2.20 bits per heavy atom. The molecule has 108 valence electrons. The molecule has 1 saturated heterocycles. The summed E-state index contributed by atoms with van der Waals surface area (Å²) in [5.41, 5.74) is 6.92. The van der Waals surface area contributed by atoms with E-state index in [1.165, 1.54) is 6.07 Å². The van der Waals surface area contributed by atoms with Gasteiger partial charge in [0.1, 0.15) is 5.82 Å². The lowest BCUT2D eigenvalue weighted by Crippen LogP contribution is -2.34. The molecule has 0 spiro atoms. The number of halogens is 2. The van der Waals surface area contributed by atoms with E-state index < -0.39 is 0 Å².